The van der Waals surface area contributed by atoms with Crippen molar-refractivity contribution in [3.05, 3.63) is 57.6 Å². The number of hydrogen-bond donors (Lipinski definition) is 1. The zero-order valence-electron chi connectivity index (χ0n) is 25.8. The summed E-state index contributed by atoms with van der Waals surface area (Å²) in [6, 6.07) is 11.2. The van der Waals surface area contributed by atoms with E-state index in [2.05, 4.69) is 15.1 Å². The molecule has 244 valence electrons. The van der Waals surface area contributed by atoms with Crippen LogP contribution < -0.4 is 15.1 Å². The topological polar surface area (TPSA) is 79.4 Å². The predicted molar refractivity (Wildman–Crippen MR) is 183 cm³/mol. The van der Waals surface area contributed by atoms with Crippen LogP contribution in [0, 0.1) is 0 Å². The van der Waals surface area contributed by atoms with Gasteiger partial charge in [0.15, 0.2) is 0 Å². The largest absolute Gasteiger partial charge is 0.368 e. The first kappa shape index (κ1) is 33.6. The number of piperidine rings is 2. The average molecular weight is 678 g/mol. The molecule has 0 radical (unpaired) electrons. The molecule has 4 aliphatic heterocycles. The van der Waals surface area contributed by atoms with E-state index >= 15 is 0 Å². The smallest absolute Gasteiger partial charge is 0.316 e. The first-order valence-corrected chi connectivity index (χ1v) is 17.3. The van der Waals surface area contributed by atoms with Gasteiger partial charge in [0.2, 0.25) is 0 Å². The maximum absolute atomic E-state index is 12.6. The van der Waals surface area contributed by atoms with Crippen molar-refractivity contribution in [2.75, 3.05) is 88.3 Å². The highest BCUT2D eigenvalue weighted by Gasteiger charge is 2.24. The van der Waals surface area contributed by atoms with E-state index in [0.717, 1.165) is 89.4 Å². The predicted octanol–water partition coefficient (Wildman–Crippen LogP) is 5.82. The van der Waals surface area contributed by atoms with Crippen LogP contribution in [0.5, 0.6) is 0 Å². The van der Waals surface area contributed by atoms with Crippen LogP contribution in [-0.2, 0) is 0 Å². The number of benzene rings is 2. The Balaban J connectivity index is 0.000000179. The van der Waals surface area contributed by atoms with Crippen LogP contribution >= 0.6 is 34.8 Å². The highest BCUT2D eigenvalue weighted by atomic mass is 35.5. The first-order chi connectivity index (χ1) is 21.8. The van der Waals surface area contributed by atoms with Crippen LogP contribution in [0.3, 0.4) is 0 Å². The molecule has 9 nitrogen and oxygen atoms in total. The van der Waals surface area contributed by atoms with Crippen molar-refractivity contribution in [2.24, 2.45) is 0 Å². The molecule has 2 aromatic carbocycles. The highest BCUT2D eigenvalue weighted by Crippen LogP contribution is 2.30. The van der Waals surface area contributed by atoms with E-state index in [1.165, 1.54) is 12.8 Å². The molecule has 4 aliphatic rings. The van der Waals surface area contributed by atoms with Gasteiger partial charge in [0.25, 0.3) is 11.8 Å². The summed E-state index contributed by atoms with van der Waals surface area (Å²) in [5.41, 5.74) is 3.28. The molecule has 12 heteroatoms. The second kappa shape index (κ2) is 16.2. The second-order valence-electron chi connectivity index (χ2n) is 12.0. The zero-order chi connectivity index (χ0) is 31.8. The van der Waals surface area contributed by atoms with Crippen LogP contribution in [0.15, 0.2) is 36.4 Å². The third-order valence-corrected chi connectivity index (χ3v) is 9.85. The van der Waals surface area contributed by atoms with E-state index < -0.39 is 5.37 Å². The van der Waals surface area contributed by atoms with Gasteiger partial charge in [-0.2, -0.15) is 0 Å². The normalized spacial score (nSPS) is 19.1. The van der Waals surface area contributed by atoms with Crippen LogP contribution in [0.2, 0.25) is 10.0 Å². The van der Waals surface area contributed by atoms with Crippen molar-refractivity contribution in [1.29, 1.82) is 0 Å². The maximum atomic E-state index is 12.6. The molecule has 0 spiro atoms. The van der Waals surface area contributed by atoms with Crippen molar-refractivity contribution in [3.8, 4) is 0 Å². The van der Waals surface area contributed by atoms with E-state index in [9.17, 15) is 14.4 Å². The quantitative estimate of drug-likeness (QED) is 0.325. The standard InChI is InChI=1S/C17H21Cl2N3O2.C16H22ClN3O/c18-14-12-13(16(23)21-6-2-1-3-7-21)4-5-15(14)20-8-10-22(11-9-20)17(19)24;17-14-12-13(16(21)20-8-2-1-3-9-20)4-5-15(14)19-10-6-18-7-11-19/h4-5,12H,1-3,6-11H2;4-5,12,18H,1-3,6-11H2. The highest BCUT2D eigenvalue weighted by molar-refractivity contribution is 6.62. The lowest BCUT2D eigenvalue weighted by Gasteiger charge is -2.35. The molecule has 0 atom stereocenters. The summed E-state index contributed by atoms with van der Waals surface area (Å²) in [6.45, 7) is 9.77. The Hall–Kier alpha value is -2.72. The molecule has 0 aliphatic carbocycles. The van der Waals surface area contributed by atoms with Gasteiger partial charge in [0.1, 0.15) is 0 Å². The number of amides is 3. The number of anilines is 2. The van der Waals surface area contributed by atoms with Gasteiger partial charge in [-0.25, -0.2) is 0 Å². The summed E-state index contributed by atoms with van der Waals surface area (Å²) in [7, 11) is 0. The number of nitrogens with zero attached hydrogens (tertiary/aromatic N) is 5. The average Bonchev–Trinajstić information content (AvgIpc) is 3.09. The lowest BCUT2D eigenvalue weighted by Crippen LogP contribution is -2.47. The number of halogens is 3. The third kappa shape index (κ3) is 8.76. The van der Waals surface area contributed by atoms with Crippen LogP contribution in [0.25, 0.3) is 0 Å². The lowest BCUT2D eigenvalue weighted by atomic mass is 10.1. The molecule has 4 heterocycles. The second-order valence-corrected chi connectivity index (χ2v) is 13.1. The molecular weight excluding hydrogens is 635 g/mol. The minimum atomic E-state index is -0.414. The fraction of sp³-hybridized carbons (Fsp3) is 0.545. The number of rotatable bonds is 4. The van der Waals surface area contributed by atoms with E-state index in [4.69, 9.17) is 34.8 Å². The molecule has 1 N–H and O–H groups in total. The molecule has 0 bridgehead atoms. The number of nitrogens with one attached hydrogen (secondary N) is 1. The van der Waals surface area contributed by atoms with Gasteiger partial charge in [-0.3, -0.25) is 14.4 Å². The summed E-state index contributed by atoms with van der Waals surface area (Å²) in [4.78, 5) is 46.1. The van der Waals surface area contributed by atoms with Crippen molar-refractivity contribution >= 4 is 63.4 Å². The number of carbonyl (C=O) groups excluding carboxylic acids is 3. The minimum absolute atomic E-state index is 0.0562. The fourth-order valence-corrected chi connectivity index (χ4v) is 7.15. The van der Waals surface area contributed by atoms with Gasteiger partial charge in [0.05, 0.1) is 21.4 Å². The van der Waals surface area contributed by atoms with E-state index in [1.807, 2.05) is 40.1 Å². The van der Waals surface area contributed by atoms with Crippen molar-refractivity contribution in [3.63, 3.8) is 0 Å². The number of hydrogen-bond acceptors (Lipinski definition) is 6. The number of likely N-dealkylation sites (tertiary alicyclic amines) is 2. The summed E-state index contributed by atoms with van der Waals surface area (Å²) in [6.07, 6.45) is 6.78. The Kier molecular flexibility index (Phi) is 12.1. The fourth-order valence-electron chi connectivity index (χ4n) is 6.38. The summed E-state index contributed by atoms with van der Waals surface area (Å²) in [5.74, 6) is 0.171. The molecule has 0 aromatic heterocycles. The third-order valence-electron chi connectivity index (χ3n) is 9.00. The molecule has 4 saturated heterocycles. The molecule has 6 rings (SSSR count). The Morgan fingerprint density at radius 3 is 1.36 bits per heavy atom. The minimum Gasteiger partial charge on any atom is -0.368 e. The van der Waals surface area contributed by atoms with Gasteiger partial charge >= 0.3 is 5.37 Å². The molecule has 45 heavy (non-hydrogen) atoms. The maximum Gasteiger partial charge on any atom is 0.316 e. The number of piperazine rings is 2. The Labute approximate surface area is 281 Å². The Morgan fingerprint density at radius 1 is 0.533 bits per heavy atom. The van der Waals surface area contributed by atoms with Gasteiger partial charge < -0.3 is 29.8 Å². The van der Waals surface area contributed by atoms with Gasteiger partial charge in [-0.05, 0) is 86.5 Å². The van der Waals surface area contributed by atoms with Crippen molar-refractivity contribution < 1.29 is 14.4 Å². The van der Waals surface area contributed by atoms with E-state index in [0.29, 0.717) is 47.4 Å². The van der Waals surface area contributed by atoms with E-state index in [1.54, 1.807) is 11.0 Å². The van der Waals surface area contributed by atoms with Crippen LogP contribution in [-0.4, -0.2) is 110 Å². The number of carbonyl (C=O) groups is 3. The summed E-state index contributed by atoms with van der Waals surface area (Å²) >= 11 is 18.3. The monoisotopic (exact) mass is 676 g/mol. The molecule has 0 unspecified atom stereocenters. The zero-order valence-corrected chi connectivity index (χ0v) is 28.1. The van der Waals surface area contributed by atoms with E-state index in [-0.39, 0.29) is 11.8 Å². The SMILES string of the molecule is O=C(Cl)N1CCN(c2ccc(C(=O)N3CCCCC3)cc2Cl)CC1.O=C(c1ccc(N2CCNCC2)c(Cl)c1)N1CCCCC1. The molecule has 0 saturated carbocycles. The van der Waals surface area contributed by atoms with Gasteiger partial charge in [-0.1, -0.05) is 23.2 Å². The Morgan fingerprint density at radius 2 is 0.956 bits per heavy atom. The van der Waals surface area contributed by atoms with Crippen molar-refractivity contribution in [2.45, 2.75) is 38.5 Å². The summed E-state index contributed by atoms with van der Waals surface area (Å²) in [5, 5.41) is 4.17. The first-order valence-electron chi connectivity index (χ1n) is 16.1. The molecule has 3 amide bonds. The Bertz CT molecular complexity index is 1330. The lowest BCUT2D eigenvalue weighted by molar-refractivity contribution is 0.0717. The van der Waals surface area contributed by atoms with Gasteiger partial charge in [-0.15, -0.1) is 0 Å². The summed E-state index contributed by atoms with van der Waals surface area (Å²) < 4.78 is 0. The van der Waals surface area contributed by atoms with Gasteiger partial charge in [0, 0.05) is 89.7 Å². The molecule has 2 aromatic rings. The molecular formula is C33H43Cl3N6O3. The van der Waals surface area contributed by atoms with Crippen LogP contribution in [0.4, 0.5) is 16.2 Å². The van der Waals surface area contributed by atoms with Crippen LogP contribution in [0.1, 0.15) is 59.2 Å². The van der Waals surface area contributed by atoms with Crippen molar-refractivity contribution in [1.82, 2.24) is 20.0 Å². The molecule has 4 fully saturated rings.